The fourth-order valence-corrected chi connectivity index (χ4v) is 13.1. The molecule has 3 heterocycles. The number of carbonyl (C=O) groups excluding carboxylic acids is 1. The molecule has 0 spiro atoms. The Morgan fingerprint density at radius 3 is 2.28 bits per heavy atom. The molecule has 0 radical (unpaired) electrons. The zero-order chi connectivity index (χ0) is 41.4. The van der Waals surface area contributed by atoms with Gasteiger partial charge < -0.3 is 68.9 Å². The van der Waals surface area contributed by atoms with Gasteiger partial charge >= 0.3 is 5.97 Å². The number of ether oxygens (including phenoxy) is 7. The summed E-state index contributed by atoms with van der Waals surface area (Å²) in [4.78, 5) is 11.4. The van der Waals surface area contributed by atoms with Crippen LogP contribution in [0.5, 0.6) is 0 Å². The van der Waals surface area contributed by atoms with Gasteiger partial charge in [-0.2, -0.15) is 0 Å². The number of methoxy groups -OCH3 is 1. The molecule has 0 bridgehead atoms. The van der Waals surface area contributed by atoms with Crippen molar-refractivity contribution in [3.05, 3.63) is 0 Å². The normalized spacial score (nSPS) is 54.0. The van der Waals surface area contributed by atoms with Crippen molar-refractivity contribution >= 4 is 5.97 Å². The van der Waals surface area contributed by atoms with Gasteiger partial charge in [-0.15, -0.1) is 0 Å². The summed E-state index contributed by atoms with van der Waals surface area (Å²) in [5.41, 5.74) is -1.33. The van der Waals surface area contributed by atoms with Crippen LogP contribution in [0.4, 0.5) is 0 Å². The number of fused-ring (bicyclic) bond motifs is 7. The molecule has 3 aliphatic heterocycles. The van der Waals surface area contributed by atoms with Gasteiger partial charge in [-0.1, -0.05) is 27.7 Å². The lowest BCUT2D eigenvalue weighted by Crippen LogP contribution is -2.64. The average Bonchev–Trinajstić information content (AvgIpc) is 3.55. The third-order valence-electron chi connectivity index (χ3n) is 16.7. The third-order valence-corrected chi connectivity index (χ3v) is 16.7. The van der Waals surface area contributed by atoms with Crippen molar-refractivity contribution < 1.29 is 73.7 Å². The van der Waals surface area contributed by atoms with E-state index in [0.717, 1.165) is 57.8 Å². The molecule has 7 aliphatic rings. The maximum atomic E-state index is 12.9. The summed E-state index contributed by atoms with van der Waals surface area (Å²) in [5, 5.41) is 76.0. The summed E-state index contributed by atoms with van der Waals surface area (Å²) in [6.07, 6.45) is -5.77. The van der Waals surface area contributed by atoms with Crippen LogP contribution in [0.15, 0.2) is 0 Å². The Kier molecular flexibility index (Phi) is 12.6. The van der Waals surface area contributed by atoms with E-state index in [1.807, 2.05) is 6.92 Å². The maximum absolute atomic E-state index is 12.9. The summed E-state index contributed by atoms with van der Waals surface area (Å²) < 4.78 is 42.4. The van der Waals surface area contributed by atoms with Crippen molar-refractivity contribution in [2.75, 3.05) is 20.3 Å². The molecule has 15 heteroatoms. The van der Waals surface area contributed by atoms with Crippen LogP contribution in [-0.4, -0.2) is 147 Å². The van der Waals surface area contributed by atoms with E-state index in [4.69, 9.17) is 33.2 Å². The van der Waals surface area contributed by atoms with Crippen LogP contribution in [-0.2, 0) is 38.0 Å². The van der Waals surface area contributed by atoms with Gasteiger partial charge in [-0.05, 0) is 99.7 Å². The van der Waals surface area contributed by atoms with Gasteiger partial charge in [-0.3, -0.25) is 4.79 Å². The molecule has 0 aromatic rings. The molecule has 15 nitrogen and oxygen atoms in total. The zero-order valence-electron chi connectivity index (χ0n) is 34.8. The number of esters is 1. The van der Waals surface area contributed by atoms with Crippen molar-refractivity contribution in [1.29, 1.82) is 0 Å². The Morgan fingerprint density at radius 1 is 0.860 bits per heavy atom. The van der Waals surface area contributed by atoms with Gasteiger partial charge in [0.25, 0.3) is 0 Å². The minimum atomic E-state index is -1.63. The second-order valence-electron chi connectivity index (χ2n) is 19.5. The topological polar surface area (TPSA) is 223 Å². The smallest absolute Gasteiger partial charge is 0.302 e. The van der Waals surface area contributed by atoms with Gasteiger partial charge in [0.15, 0.2) is 18.4 Å². The molecule has 328 valence electrons. The summed E-state index contributed by atoms with van der Waals surface area (Å²) in [6.45, 7) is 11.6. The lowest BCUT2D eigenvalue weighted by Gasteiger charge is -2.62. The molecule has 0 aromatic heterocycles. The minimum absolute atomic E-state index is 0.0467. The van der Waals surface area contributed by atoms with Crippen molar-refractivity contribution in [3.63, 3.8) is 0 Å². The second kappa shape index (κ2) is 16.3. The van der Waals surface area contributed by atoms with Crippen LogP contribution < -0.4 is 0 Å². The molecule has 22 unspecified atom stereocenters. The largest absolute Gasteiger partial charge is 0.466 e. The molecule has 22 atom stereocenters. The molecule has 0 aromatic carbocycles. The van der Waals surface area contributed by atoms with Crippen LogP contribution in [0.3, 0.4) is 0 Å². The minimum Gasteiger partial charge on any atom is -0.466 e. The number of hydrogen-bond acceptors (Lipinski definition) is 15. The van der Waals surface area contributed by atoms with Gasteiger partial charge in [0.2, 0.25) is 0 Å². The van der Waals surface area contributed by atoms with Gasteiger partial charge in [0.1, 0.15) is 48.3 Å². The molecule has 57 heavy (non-hydrogen) atoms. The molecular formula is C42H70O15. The van der Waals surface area contributed by atoms with Crippen molar-refractivity contribution in [1.82, 2.24) is 0 Å². The first-order chi connectivity index (χ1) is 26.8. The predicted molar refractivity (Wildman–Crippen MR) is 201 cm³/mol. The van der Waals surface area contributed by atoms with E-state index >= 15 is 0 Å². The number of hydrogen-bond donors (Lipinski definition) is 7. The van der Waals surface area contributed by atoms with Crippen LogP contribution in [0.25, 0.3) is 0 Å². The van der Waals surface area contributed by atoms with Crippen molar-refractivity contribution in [2.24, 2.45) is 46.3 Å². The van der Waals surface area contributed by atoms with E-state index in [1.54, 1.807) is 7.11 Å². The Bertz CT molecular complexity index is 1420. The van der Waals surface area contributed by atoms with Crippen LogP contribution >= 0.6 is 0 Å². The summed E-state index contributed by atoms with van der Waals surface area (Å²) in [5.74, 6) is 0.223. The third kappa shape index (κ3) is 7.23. The number of carbonyl (C=O) groups is 1. The average molecular weight is 815 g/mol. The van der Waals surface area contributed by atoms with Gasteiger partial charge in [-0.25, -0.2) is 0 Å². The Morgan fingerprint density at radius 2 is 1.60 bits per heavy atom. The molecule has 3 saturated heterocycles. The highest BCUT2D eigenvalue weighted by Gasteiger charge is 2.76. The fourth-order valence-electron chi connectivity index (χ4n) is 13.1. The first-order valence-electron chi connectivity index (χ1n) is 21.6. The van der Waals surface area contributed by atoms with Crippen molar-refractivity contribution in [2.45, 2.75) is 191 Å². The lowest BCUT2D eigenvalue weighted by atomic mass is 9.44. The lowest BCUT2D eigenvalue weighted by molar-refractivity contribution is -0.371. The molecule has 4 saturated carbocycles. The quantitative estimate of drug-likeness (QED) is 0.117. The van der Waals surface area contributed by atoms with E-state index in [1.165, 1.54) is 13.8 Å². The Labute approximate surface area is 336 Å². The zero-order valence-corrected chi connectivity index (χ0v) is 34.8. The standard InChI is InChI=1S/C42H70O15/c1-20(19-52-23(4)44)10-15-41(51-7)22(3)42(50)30(57-41)17-28-26-9-8-24-16-25(11-13-39(24,5)27(26)12-14-40(28,42)6)54-38-36(34(48)32(46)29(18-43)55-38)56-37-35(49)33(47)31(45)21(2)53-37/h20-22,24-38,43,45-50H,8-19H2,1-7H3. The van der Waals surface area contributed by atoms with E-state index in [9.17, 15) is 40.5 Å². The van der Waals surface area contributed by atoms with Crippen LogP contribution in [0, 0.1) is 46.3 Å². The molecule has 4 aliphatic carbocycles. The summed E-state index contributed by atoms with van der Waals surface area (Å²) in [7, 11) is 1.67. The molecular weight excluding hydrogens is 744 g/mol. The number of aliphatic hydroxyl groups is 7. The molecule has 7 fully saturated rings. The highest BCUT2D eigenvalue weighted by atomic mass is 16.8. The van der Waals surface area contributed by atoms with Gasteiger partial charge in [0, 0.05) is 31.8 Å². The fraction of sp³-hybridized carbons (Fsp3) is 0.976. The summed E-state index contributed by atoms with van der Waals surface area (Å²) >= 11 is 0. The van der Waals surface area contributed by atoms with Gasteiger partial charge in [0.05, 0.1) is 31.5 Å². The van der Waals surface area contributed by atoms with Crippen LogP contribution in [0.1, 0.15) is 106 Å². The monoisotopic (exact) mass is 814 g/mol. The maximum Gasteiger partial charge on any atom is 0.302 e. The highest BCUT2D eigenvalue weighted by molar-refractivity contribution is 5.65. The Balaban J connectivity index is 1.02. The molecule has 0 amide bonds. The predicted octanol–water partition coefficient (Wildman–Crippen LogP) is 1.76. The SMILES string of the molecule is COC1(CCC(C)COC(C)=O)OC2CC3C4CCC5CC(OC6OC(CO)C(O)C(O)C6OC6OC(C)C(O)C(O)C6O)CCC5(C)C4CCC3(C)C2(O)C1C. The molecule has 7 rings (SSSR count). The highest BCUT2D eigenvalue weighted by Crippen LogP contribution is 2.72. The number of rotatable bonds is 11. The number of aliphatic hydroxyl groups excluding tert-OH is 6. The second-order valence-corrected chi connectivity index (χ2v) is 19.5. The van der Waals surface area contributed by atoms with E-state index in [-0.39, 0.29) is 40.8 Å². The van der Waals surface area contributed by atoms with Crippen molar-refractivity contribution in [3.8, 4) is 0 Å². The van der Waals surface area contributed by atoms with E-state index in [0.29, 0.717) is 36.7 Å². The Hall–Kier alpha value is -1.05. The first kappa shape index (κ1) is 44.0. The van der Waals surface area contributed by atoms with Crippen LogP contribution in [0.2, 0.25) is 0 Å². The molecule has 7 N–H and O–H groups in total. The van der Waals surface area contributed by atoms with E-state index < -0.39 is 79.4 Å². The first-order valence-corrected chi connectivity index (χ1v) is 21.6. The van der Waals surface area contributed by atoms with E-state index in [2.05, 4.69) is 20.8 Å². The summed E-state index contributed by atoms with van der Waals surface area (Å²) in [6, 6.07) is 0.